The number of nitriles is 1. The molecule has 1 aromatic carbocycles. The van der Waals surface area contributed by atoms with Crippen LogP contribution in [0, 0.1) is 17.2 Å². The molecular weight excluding hydrogens is 240 g/mol. The van der Waals surface area contributed by atoms with Gasteiger partial charge in [0.05, 0.1) is 17.7 Å². The molecule has 0 bridgehead atoms. The second kappa shape index (κ2) is 6.35. The number of amides is 1. The van der Waals surface area contributed by atoms with Crippen molar-refractivity contribution < 1.29 is 9.53 Å². The Morgan fingerprint density at radius 1 is 1.53 bits per heavy atom. The Bertz CT molecular complexity index is 487. The van der Waals surface area contributed by atoms with E-state index in [1.54, 1.807) is 24.3 Å². The molecule has 1 aliphatic rings. The molecule has 0 unspecified atom stereocenters. The van der Waals surface area contributed by atoms with E-state index in [0.29, 0.717) is 29.7 Å². The maximum Gasteiger partial charge on any atom is 0.224 e. The van der Waals surface area contributed by atoms with Crippen LogP contribution in [0.4, 0.5) is 5.69 Å². The number of hydrogen-bond donors (Lipinski definition) is 1. The van der Waals surface area contributed by atoms with Crippen LogP contribution >= 0.6 is 0 Å². The molecule has 0 radical (unpaired) electrons. The van der Waals surface area contributed by atoms with Crippen molar-refractivity contribution in [2.24, 2.45) is 5.92 Å². The van der Waals surface area contributed by atoms with Gasteiger partial charge in [-0.25, -0.2) is 0 Å². The number of hydrogen-bond acceptors (Lipinski definition) is 3. The van der Waals surface area contributed by atoms with E-state index in [9.17, 15) is 4.79 Å². The highest BCUT2D eigenvalue weighted by Crippen LogP contribution is 2.32. The predicted octanol–water partition coefficient (Wildman–Crippen LogP) is 2.70. The molecule has 1 N–H and O–H groups in total. The number of rotatable bonds is 5. The van der Waals surface area contributed by atoms with E-state index in [2.05, 4.69) is 11.4 Å². The Morgan fingerprint density at radius 2 is 2.32 bits per heavy atom. The van der Waals surface area contributed by atoms with Gasteiger partial charge in [0.25, 0.3) is 0 Å². The zero-order valence-corrected chi connectivity index (χ0v) is 11.1. The Balaban J connectivity index is 1.77. The first kappa shape index (κ1) is 13.6. The van der Waals surface area contributed by atoms with Crippen LogP contribution in [0.5, 0.6) is 0 Å². The molecule has 1 saturated carbocycles. The van der Waals surface area contributed by atoms with E-state index in [-0.39, 0.29) is 5.91 Å². The Labute approximate surface area is 113 Å². The molecule has 2 rings (SSSR count). The summed E-state index contributed by atoms with van der Waals surface area (Å²) in [7, 11) is 0. The summed E-state index contributed by atoms with van der Waals surface area (Å²) in [5.41, 5.74) is 1.24. The third-order valence-corrected chi connectivity index (χ3v) is 3.34. The van der Waals surface area contributed by atoms with Gasteiger partial charge in [0.1, 0.15) is 0 Å². The number of nitrogens with zero attached hydrogens (tertiary/aromatic N) is 1. The van der Waals surface area contributed by atoms with E-state index in [1.165, 1.54) is 0 Å². The lowest BCUT2D eigenvalue weighted by Crippen LogP contribution is -2.33. The highest BCUT2D eigenvalue weighted by molar-refractivity contribution is 5.91. The summed E-state index contributed by atoms with van der Waals surface area (Å²) in [5, 5.41) is 11.6. The maximum absolute atomic E-state index is 11.8. The fourth-order valence-corrected chi connectivity index (χ4v) is 2.35. The first-order chi connectivity index (χ1) is 9.21. The van der Waals surface area contributed by atoms with Crippen LogP contribution in [0.2, 0.25) is 0 Å². The molecule has 0 aromatic heterocycles. The molecule has 0 saturated heterocycles. The fourth-order valence-electron chi connectivity index (χ4n) is 2.35. The predicted molar refractivity (Wildman–Crippen MR) is 72.5 cm³/mol. The summed E-state index contributed by atoms with van der Waals surface area (Å²) in [6.45, 7) is 2.73. The summed E-state index contributed by atoms with van der Waals surface area (Å²) < 4.78 is 5.47. The minimum Gasteiger partial charge on any atom is -0.378 e. The number of ether oxygens (including phenoxy) is 1. The van der Waals surface area contributed by atoms with Crippen LogP contribution < -0.4 is 5.32 Å². The van der Waals surface area contributed by atoms with Gasteiger partial charge in [0.15, 0.2) is 0 Å². The number of carbonyl (C=O) groups is 1. The van der Waals surface area contributed by atoms with E-state index in [1.807, 2.05) is 6.92 Å². The van der Waals surface area contributed by atoms with Gasteiger partial charge in [-0.3, -0.25) is 4.79 Å². The highest BCUT2D eigenvalue weighted by Gasteiger charge is 2.30. The van der Waals surface area contributed by atoms with Gasteiger partial charge in [-0.05, 0) is 43.9 Å². The average molecular weight is 258 g/mol. The standard InChI is InChI=1S/C15H18N2O2/c1-2-19-14-7-12(8-14)9-15(18)17-13-5-3-4-11(6-13)10-16/h3-6,12,14H,2,7-9H2,1H3,(H,17,18). The van der Waals surface area contributed by atoms with Gasteiger partial charge in [-0.1, -0.05) is 6.07 Å². The smallest absolute Gasteiger partial charge is 0.224 e. The number of anilines is 1. The van der Waals surface area contributed by atoms with Crippen molar-refractivity contribution in [3.8, 4) is 6.07 Å². The lowest BCUT2D eigenvalue weighted by molar-refractivity contribution is -0.119. The monoisotopic (exact) mass is 258 g/mol. The first-order valence-electron chi connectivity index (χ1n) is 6.63. The normalized spacial score (nSPS) is 21.3. The van der Waals surface area contributed by atoms with Gasteiger partial charge < -0.3 is 10.1 Å². The number of benzene rings is 1. The second-order valence-electron chi connectivity index (χ2n) is 4.86. The second-order valence-corrected chi connectivity index (χ2v) is 4.86. The van der Waals surface area contributed by atoms with Crippen LogP contribution in [-0.2, 0) is 9.53 Å². The zero-order valence-electron chi connectivity index (χ0n) is 11.1. The number of carbonyl (C=O) groups excluding carboxylic acids is 1. The van der Waals surface area contributed by atoms with Crippen molar-refractivity contribution in [2.45, 2.75) is 32.3 Å². The summed E-state index contributed by atoms with van der Waals surface area (Å²) in [5.74, 6) is 0.436. The fraction of sp³-hybridized carbons (Fsp3) is 0.467. The van der Waals surface area contributed by atoms with Crippen molar-refractivity contribution in [3.63, 3.8) is 0 Å². The molecule has 1 aliphatic carbocycles. The molecule has 0 spiro atoms. The average Bonchev–Trinajstić information content (AvgIpc) is 2.36. The van der Waals surface area contributed by atoms with Crippen LogP contribution in [0.1, 0.15) is 31.7 Å². The van der Waals surface area contributed by atoms with E-state index in [0.717, 1.165) is 19.4 Å². The lowest BCUT2D eigenvalue weighted by Gasteiger charge is -2.34. The van der Waals surface area contributed by atoms with Crippen LogP contribution in [0.15, 0.2) is 24.3 Å². The molecule has 0 atom stereocenters. The molecular formula is C15H18N2O2. The van der Waals surface area contributed by atoms with Crippen LogP contribution in [0.3, 0.4) is 0 Å². The molecule has 1 amide bonds. The molecule has 100 valence electrons. The topological polar surface area (TPSA) is 62.1 Å². The molecule has 0 aliphatic heterocycles. The van der Waals surface area contributed by atoms with E-state index < -0.39 is 0 Å². The minimum absolute atomic E-state index is 0.00929. The molecule has 4 nitrogen and oxygen atoms in total. The SMILES string of the molecule is CCOC1CC(CC(=O)Nc2cccc(C#N)c2)C1. The largest absolute Gasteiger partial charge is 0.378 e. The summed E-state index contributed by atoms with van der Waals surface area (Å²) in [4.78, 5) is 11.8. The highest BCUT2D eigenvalue weighted by atomic mass is 16.5. The third kappa shape index (κ3) is 3.80. The van der Waals surface area contributed by atoms with Crippen molar-refractivity contribution >= 4 is 11.6 Å². The van der Waals surface area contributed by atoms with Crippen LogP contribution in [0.25, 0.3) is 0 Å². The Kier molecular flexibility index (Phi) is 4.53. The van der Waals surface area contributed by atoms with Crippen molar-refractivity contribution in [1.29, 1.82) is 5.26 Å². The van der Waals surface area contributed by atoms with Crippen LogP contribution in [-0.4, -0.2) is 18.6 Å². The Hall–Kier alpha value is -1.86. The molecule has 4 heteroatoms. The van der Waals surface area contributed by atoms with Gasteiger partial charge in [0, 0.05) is 18.7 Å². The van der Waals surface area contributed by atoms with E-state index >= 15 is 0 Å². The van der Waals surface area contributed by atoms with Gasteiger partial charge in [0.2, 0.25) is 5.91 Å². The molecule has 1 aromatic rings. The van der Waals surface area contributed by atoms with Crippen molar-refractivity contribution in [3.05, 3.63) is 29.8 Å². The minimum atomic E-state index is 0.00929. The summed E-state index contributed by atoms with van der Waals surface area (Å²) in [6.07, 6.45) is 2.81. The quantitative estimate of drug-likeness (QED) is 0.883. The van der Waals surface area contributed by atoms with E-state index in [4.69, 9.17) is 10.00 Å². The first-order valence-corrected chi connectivity index (χ1v) is 6.63. The maximum atomic E-state index is 11.8. The van der Waals surface area contributed by atoms with Gasteiger partial charge in [-0.15, -0.1) is 0 Å². The van der Waals surface area contributed by atoms with Crippen molar-refractivity contribution in [2.75, 3.05) is 11.9 Å². The summed E-state index contributed by atoms with van der Waals surface area (Å²) >= 11 is 0. The van der Waals surface area contributed by atoms with Gasteiger partial charge >= 0.3 is 0 Å². The zero-order chi connectivity index (χ0) is 13.7. The van der Waals surface area contributed by atoms with Crippen molar-refractivity contribution in [1.82, 2.24) is 0 Å². The Morgan fingerprint density at radius 3 is 3.00 bits per heavy atom. The lowest BCUT2D eigenvalue weighted by atomic mass is 9.80. The number of nitrogens with one attached hydrogen (secondary N) is 1. The molecule has 1 fully saturated rings. The third-order valence-electron chi connectivity index (χ3n) is 3.34. The van der Waals surface area contributed by atoms with Gasteiger partial charge in [-0.2, -0.15) is 5.26 Å². The molecule has 0 heterocycles. The summed E-state index contributed by atoms with van der Waals surface area (Å²) in [6, 6.07) is 9.02. The molecule has 19 heavy (non-hydrogen) atoms.